The number of carboxylic acid groups (broad SMARTS) is 1. The second-order valence-electron chi connectivity index (χ2n) is 5.54. The number of ether oxygens (including phenoxy) is 1. The molecule has 0 aliphatic rings. The van der Waals surface area contributed by atoms with E-state index in [1.165, 1.54) is 22.9 Å². The first kappa shape index (κ1) is 18.3. The minimum absolute atomic E-state index is 0.0786. The number of hydrogen-bond acceptors (Lipinski definition) is 4. The van der Waals surface area contributed by atoms with E-state index < -0.39 is 5.97 Å². The summed E-state index contributed by atoms with van der Waals surface area (Å²) in [6.45, 7) is 0.691. The van der Waals surface area contributed by atoms with Crippen LogP contribution < -0.4 is 15.6 Å². The molecule has 1 heterocycles. The van der Waals surface area contributed by atoms with Gasteiger partial charge in [-0.2, -0.15) is 0 Å². The number of amides is 1. The lowest BCUT2D eigenvalue weighted by Gasteiger charge is -2.08. The molecule has 0 radical (unpaired) electrons. The van der Waals surface area contributed by atoms with Crippen LogP contribution in [0.2, 0.25) is 0 Å². The summed E-state index contributed by atoms with van der Waals surface area (Å²) in [4.78, 5) is 33.8. The molecule has 0 saturated carbocycles. The van der Waals surface area contributed by atoms with Crippen LogP contribution in [0.5, 0.6) is 5.75 Å². The van der Waals surface area contributed by atoms with E-state index in [1.54, 1.807) is 19.2 Å². The van der Waals surface area contributed by atoms with Crippen molar-refractivity contribution >= 4 is 11.9 Å². The molecule has 7 nitrogen and oxygen atoms in total. The maximum absolute atomic E-state index is 12.1. The Hall–Kier alpha value is -3.09. The maximum atomic E-state index is 12.1. The lowest BCUT2D eigenvalue weighted by atomic mass is 10.2. The number of rotatable bonds is 8. The SMILES string of the molecule is Cn1cc(C(=O)NCc2ccc(OCCCC(=O)O)cc2)ccc1=O. The number of pyridine rings is 1. The minimum atomic E-state index is -0.840. The maximum Gasteiger partial charge on any atom is 0.303 e. The number of aryl methyl sites for hydroxylation is 1. The lowest BCUT2D eigenvalue weighted by molar-refractivity contribution is -0.137. The zero-order valence-electron chi connectivity index (χ0n) is 13.9. The highest BCUT2D eigenvalue weighted by Crippen LogP contribution is 2.12. The molecule has 1 aromatic carbocycles. The van der Waals surface area contributed by atoms with Crippen molar-refractivity contribution in [3.8, 4) is 5.75 Å². The van der Waals surface area contributed by atoms with Crippen LogP contribution in [-0.4, -0.2) is 28.2 Å². The summed E-state index contributed by atoms with van der Waals surface area (Å²) >= 11 is 0. The molecule has 0 aliphatic heterocycles. The molecular weight excluding hydrogens is 324 g/mol. The molecule has 1 aromatic heterocycles. The van der Waals surface area contributed by atoms with Crippen LogP contribution >= 0.6 is 0 Å². The standard InChI is InChI=1S/C18H20N2O5/c1-20-12-14(6-9-16(20)21)18(24)19-11-13-4-7-15(8-5-13)25-10-2-3-17(22)23/h4-9,12H,2-3,10-11H2,1H3,(H,19,24)(H,22,23). The van der Waals surface area contributed by atoms with Gasteiger partial charge in [0.25, 0.3) is 5.91 Å². The van der Waals surface area contributed by atoms with Gasteiger partial charge in [-0.1, -0.05) is 12.1 Å². The molecular formula is C18H20N2O5. The molecule has 0 atom stereocenters. The molecule has 0 spiro atoms. The molecule has 2 aromatic rings. The third-order valence-electron chi connectivity index (χ3n) is 3.53. The lowest BCUT2D eigenvalue weighted by Crippen LogP contribution is -2.25. The van der Waals surface area contributed by atoms with E-state index in [4.69, 9.17) is 9.84 Å². The number of nitrogens with zero attached hydrogens (tertiary/aromatic N) is 1. The Bertz CT molecular complexity index is 796. The van der Waals surface area contributed by atoms with Crippen LogP contribution in [0.25, 0.3) is 0 Å². The van der Waals surface area contributed by atoms with Gasteiger partial charge in [0.1, 0.15) is 5.75 Å². The van der Waals surface area contributed by atoms with Gasteiger partial charge in [0.15, 0.2) is 0 Å². The highest BCUT2D eigenvalue weighted by molar-refractivity contribution is 5.93. The van der Waals surface area contributed by atoms with Crippen LogP contribution in [0.4, 0.5) is 0 Å². The Balaban J connectivity index is 1.82. The highest BCUT2D eigenvalue weighted by atomic mass is 16.5. The number of aromatic nitrogens is 1. The van der Waals surface area contributed by atoms with Gasteiger partial charge in [-0.25, -0.2) is 0 Å². The normalized spacial score (nSPS) is 10.3. The predicted molar refractivity (Wildman–Crippen MR) is 91.7 cm³/mol. The Kier molecular flexibility index (Phi) is 6.33. The Morgan fingerprint density at radius 3 is 2.52 bits per heavy atom. The summed E-state index contributed by atoms with van der Waals surface area (Å²) in [6.07, 6.45) is 2.02. The van der Waals surface area contributed by atoms with E-state index >= 15 is 0 Å². The van der Waals surface area contributed by atoms with E-state index in [9.17, 15) is 14.4 Å². The Morgan fingerprint density at radius 1 is 1.16 bits per heavy atom. The van der Waals surface area contributed by atoms with Gasteiger partial charge >= 0.3 is 5.97 Å². The monoisotopic (exact) mass is 344 g/mol. The summed E-state index contributed by atoms with van der Waals surface area (Å²) in [5.74, 6) is -0.448. The predicted octanol–water partition coefficient (Wildman–Crippen LogP) is 1.56. The summed E-state index contributed by atoms with van der Waals surface area (Å²) in [6, 6.07) is 10.0. The van der Waals surface area contributed by atoms with Crippen molar-refractivity contribution in [2.75, 3.05) is 6.61 Å². The fraction of sp³-hybridized carbons (Fsp3) is 0.278. The highest BCUT2D eigenvalue weighted by Gasteiger charge is 2.06. The summed E-state index contributed by atoms with van der Waals surface area (Å²) in [5, 5.41) is 11.3. The first-order valence-corrected chi connectivity index (χ1v) is 7.84. The fourth-order valence-electron chi connectivity index (χ4n) is 2.13. The molecule has 25 heavy (non-hydrogen) atoms. The molecule has 0 aliphatic carbocycles. The largest absolute Gasteiger partial charge is 0.494 e. The van der Waals surface area contributed by atoms with Crippen molar-refractivity contribution in [1.82, 2.24) is 9.88 Å². The number of nitrogens with one attached hydrogen (secondary N) is 1. The number of hydrogen-bond donors (Lipinski definition) is 2. The van der Waals surface area contributed by atoms with Gasteiger partial charge in [-0.3, -0.25) is 14.4 Å². The van der Waals surface area contributed by atoms with Crippen LogP contribution in [-0.2, 0) is 18.4 Å². The third kappa shape index (κ3) is 5.80. The summed E-state index contributed by atoms with van der Waals surface area (Å²) < 4.78 is 6.80. The van der Waals surface area contributed by atoms with Crippen molar-refractivity contribution in [3.05, 3.63) is 64.1 Å². The second-order valence-corrected chi connectivity index (χ2v) is 5.54. The summed E-state index contributed by atoms with van der Waals surface area (Å²) in [7, 11) is 1.59. The molecule has 132 valence electrons. The molecule has 1 amide bonds. The van der Waals surface area contributed by atoms with Crippen LogP contribution in [0.1, 0.15) is 28.8 Å². The molecule has 0 unspecified atom stereocenters. The van der Waals surface area contributed by atoms with Crippen molar-refractivity contribution in [2.45, 2.75) is 19.4 Å². The zero-order chi connectivity index (χ0) is 18.2. The zero-order valence-corrected chi connectivity index (χ0v) is 13.9. The number of aliphatic carboxylic acids is 1. The van der Waals surface area contributed by atoms with Gasteiger partial charge in [0.2, 0.25) is 5.56 Å². The van der Waals surface area contributed by atoms with Crippen LogP contribution in [0.15, 0.2) is 47.4 Å². The quantitative estimate of drug-likeness (QED) is 0.708. The van der Waals surface area contributed by atoms with Gasteiger partial charge in [0, 0.05) is 32.3 Å². The molecule has 2 rings (SSSR count). The summed E-state index contributed by atoms with van der Waals surface area (Å²) in [5.41, 5.74) is 1.15. The van der Waals surface area contributed by atoms with E-state index in [0.29, 0.717) is 30.9 Å². The smallest absolute Gasteiger partial charge is 0.303 e. The Morgan fingerprint density at radius 2 is 1.88 bits per heavy atom. The van der Waals surface area contributed by atoms with Crippen molar-refractivity contribution in [2.24, 2.45) is 7.05 Å². The van der Waals surface area contributed by atoms with Gasteiger partial charge in [-0.15, -0.1) is 0 Å². The number of benzene rings is 1. The van der Waals surface area contributed by atoms with E-state index in [0.717, 1.165) is 5.56 Å². The van der Waals surface area contributed by atoms with Crippen LogP contribution in [0, 0.1) is 0 Å². The van der Waals surface area contributed by atoms with Crippen molar-refractivity contribution in [3.63, 3.8) is 0 Å². The molecule has 0 bridgehead atoms. The molecule has 0 fully saturated rings. The van der Waals surface area contributed by atoms with Gasteiger partial charge in [0.05, 0.1) is 12.2 Å². The first-order chi connectivity index (χ1) is 12.0. The van der Waals surface area contributed by atoms with E-state index in [1.807, 2.05) is 12.1 Å². The molecule has 2 N–H and O–H groups in total. The van der Waals surface area contributed by atoms with Crippen molar-refractivity contribution < 1.29 is 19.4 Å². The Labute approximate surface area is 144 Å². The number of carbonyl (C=O) groups is 2. The number of carboxylic acids is 1. The molecule has 0 saturated heterocycles. The third-order valence-corrected chi connectivity index (χ3v) is 3.53. The van der Waals surface area contributed by atoms with Gasteiger partial charge < -0.3 is 19.7 Å². The van der Waals surface area contributed by atoms with E-state index in [-0.39, 0.29) is 17.9 Å². The second kappa shape index (κ2) is 8.68. The topological polar surface area (TPSA) is 97.6 Å². The molecule has 7 heteroatoms. The number of carbonyl (C=O) groups excluding carboxylic acids is 1. The average molecular weight is 344 g/mol. The fourth-order valence-corrected chi connectivity index (χ4v) is 2.13. The van der Waals surface area contributed by atoms with Crippen molar-refractivity contribution in [1.29, 1.82) is 0 Å². The average Bonchev–Trinajstić information content (AvgIpc) is 2.60. The van der Waals surface area contributed by atoms with Crippen LogP contribution in [0.3, 0.4) is 0 Å². The van der Waals surface area contributed by atoms with E-state index in [2.05, 4.69) is 5.32 Å². The first-order valence-electron chi connectivity index (χ1n) is 7.84. The van der Waals surface area contributed by atoms with Gasteiger partial charge in [-0.05, 0) is 30.2 Å². The minimum Gasteiger partial charge on any atom is -0.494 e.